The minimum Gasteiger partial charge on any atom is -0.330 e. The van der Waals surface area contributed by atoms with Gasteiger partial charge in [-0.05, 0) is 51.0 Å². The van der Waals surface area contributed by atoms with E-state index in [9.17, 15) is 19.2 Å². The molecule has 39 heavy (non-hydrogen) atoms. The van der Waals surface area contributed by atoms with Gasteiger partial charge in [0.05, 0.1) is 11.8 Å². The first-order valence-corrected chi connectivity index (χ1v) is 12.6. The van der Waals surface area contributed by atoms with Gasteiger partial charge in [0.25, 0.3) is 17.7 Å². The zero-order valence-corrected chi connectivity index (χ0v) is 21.6. The van der Waals surface area contributed by atoms with Gasteiger partial charge >= 0.3 is 5.97 Å². The fourth-order valence-electron chi connectivity index (χ4n) is 4.38. The zero-order chi connectivity index (χ0) is 27.5. The van der Waals surface area contributed by atoms with Crippen LogP contribution in [0.5, 0.6) is 0 Å². The number of nitrogens with one attached hydrogen (secondary N) is 1. The largest absolute Gasteiger partial charge is 0.333 e. The molecular formula is C27H27N7O5. The van der Waals surface area contributed by atoms with Crippen molar-refractivity contribution >= 4 is 35.0 Å². The molecule has 5 rings (SSSR count). The summed E-state index contributed by atoms with van der Waals surface area (Å²) < 4.78 is 3.57. The summed E-state index contributed by atoms with van der Waals surface area (Å²) in [5, 5.41) is 11.8. The number of imide groups is 1. The van der Waals surface area contributed by atoms with E-state index in [1.807, 2.05) is 42.6 Å². The third-order valence-corrected chi connectivity index (χ3v) is 6.38. The number of carbonyl (C=O) groups excluding carboxylic acids is 4. The van der Waals surface area contributed by atoms with Gasteiger partial charge < -0.3 is 14.6 Å². The van der Waals surface area contributed by atoms with Gasteiger partial charge in [0, 0.05) is 54.6 Å². The summed E-state index contributed by atoms with van der Waals surface area (Å²) in [6, 6.07) is 11.0. The minimum atomic E-state index is -0.614. The molecular weight excluding hydrogens is 502 g/mol. The van der Waals surface area contributed by atoms with E-state index in [1.165, 1.54) is 0 Å². The first-order valence-electron chi connectivity index (χ1n) is 12.6. The van der Waals surface area contributed by atoms with Crippen molar-refractivity contribution in [2.45, 2.75) is 52.5 Å². The molecule has 0 atom stereocenters. The highest BCUT2D eigenvalue weighted by Crippen LogP contribution is 2.21. The lowest BCUT2D eigenvalue weighted by Gasteiger charge is -2.12. The number of aryl methyl sites for hydroxylation is 3. The smallest absolute Gasteiger partial charge is 0.330 e. The Morgan fingerprint density at radius 1 is 1.03 bits per heavy atom. The SMILES string of the molecule is Cc1cc(C)n2ccc(C(=O)Nc3ccc(-c4cn(CCCCC(=O)ON5C(=O)CCC5=O)nn4)cc3)c2n1. The molecule has 1 aromatic carbocycles. The van der Waals surface area contributed by atoms with E-state index >= 15 is 0 Å². The van der Waals surface area contributed by atoms with E-state index in [4.69, 9.17) is 4.84 Å². The molecule has 0 saturated carbocycles. The van der Waals surface area contributed by atoms with E-state index in [-0.39, 0.29) is 25.2 Å². The molecule has 3 amide bonds. The molecule has 1 N–H and O–H groups in total. The minimum absolute atomic E-state index is 0.0701. The summed E-state index contributed by atoms with van der Waals surface area (Å²) in [5.41, 5.74) is 5.12. The van der Waals surface area contributed by atoms with E-state index < -0.39 is 17.8 Å². The highest BCUT2D eigenvalue weighted by Gasteiger charge is 2.32. The molecule has 0 spiro atoms. The predicted octanol–water partition coefficient (Wildman–Crippen LogP) is 3.24. The van der Waals surface area contributed by atoms with Crippen LogP contribution in [-0.2, 0) is 25.8 Å². The number of rotatable bonds is 9. The molecule has 4 aromatic rings. The third-order valence-electron chi connectivity index (χ3n) is 6.38. The van der Waals surface area contributed by atoms with Crippen molar-refractivity contribution < 1.29 is 24.0 Å². The van der Waals surface area contributed by atoms with Crippen LogP contribution in [0.2, 0.25) is 0 Å². The summed E-state index contributed by atoms with van der Waals surface area (Å²) in [6.07, 6.45) is 5.00. The standard InChI is InChI=1S/C27H27N7O5/c1-17-15-18(2)33-14-12-21(26(33)28-17)27(38)29-20-8-6-19(7-9-20)22-16-32(31-30-22)13-4-3-5-25(37)39-34-23(35)10-11-24(34)36/h6-9,12,14-16H,3-5,10-11,13H2,1-2H3,(H,29,38). The third kappa shape index (κ3) is 5.69. The van der Waals surface area contributed by atoms with Crippen LogP contribution >= 0.6 is 0 Å². The van der Waals surface area contributed by atoms with Crippen molar-refractivity contribution in [1.29, 1.82) is 0 Å². The van der Waals surface area contributed by atoms with Crippen LogP contribution in [-0.4, -0.2) is 53.1 Å². The first kappa shape index (κ1) is 25.8. The molecule has 1 fully saturated rings. The lowest BCUT2D eigenvalue weighted by atomic mass is 10.1. The van der Waals surface area contributed by atoms with Gasteiger partial charge in [-0.2, -0.15) is 0 Å². The normalized spacial score (nSPS) is 13.3. The number of unbranched alkanes of at least 4 members (excludes halogenated alkanes) is 1. The van der Waals surface area contributed by atoms with E-state index in [0.29, 0.717) is 47.0 Å². The van der Waals surface area contributed by atoms with Crippen molar-refractivity contribution in [3.8, 4) is 11.3 Å². The Morgan fingerprint density at radius 2 is 1.77 bits per heavy atom. The Kier molecular flexibility index (Phi) is 7.17. The molecule has 1 aliphatic rings. The lowest BCUT2D eigenvalue weighted by molar-refractivity contribution is -0.197. The maximum atomic E-state index is 12.9. The van der Waals surface area contributed by atoms with Crippen LogP contribution in [0.4, 0.5) is 5.69 Å². The van der Waals surface area contributed by atoms with Crippen LogP contribution in [0.15, 0.2) is 48.8 Å². The van der Waals surface area contributed by atoms with E-state index in [0.717, 1.165) is 17.0 Å². The Bertz CT molecular complexity index is 1560. The van der Waals surface area contributed by atoms with Crippen LogP contribution < -0.4 is 5.32 Å². The molecule has 0 bridgehead atoms. The van der Waals surface area contributed by atoms with Gasteiger partial charge in [-0.25, -0.2) is 9.78 Å². The number of hydroxylamine groups is 2. The van der Waals surface area contributed by atoms with Gasteiger partial charge in [0.1, 0.15) is 11.3 Å². The number of aromatic nitrogens is 5. The molecule has 3 aromatic heterocycles. The second kappa shape index (κ2) is 10.9. The Labute approximate surface area is 223 Å². The lowest BCUT2D eigenvalue weighted by Crippen LogP contribution is -2.31. The summed E-state index contributed by atoms with van der Waals surface area (Å²) in [6.45, 7) is 4.41. The summed E-state index contributed by atoms with van der Waals surface area (Å²) in [5.74, 6) is -1.83. The molecule has 0 radical (unpaired) electrons. The molecule has 12 nitrogen and oxygen atoms in total. The van der Waals surface area contributed by atoms with Crippen LogP contribution in [0, 0.1) is 13.8 Å². The van der Waals surface area contributed by atoms with Crippen molar-refractivity contribution in [3.05, 3.63) is 65.7 Å². The molecule has 0 unspecified atom stereocenters. The van der Waals surface area contributed by atoms with Gasteiger partial charge in [-0.1, -0.05) is 17.3 Å². The summed E-state index contributed by atoms with van der Waals surface area (Å²) in [7, 11) is 0. The number of hydrogen-bond donors (Lipinski definition) is 1. The fraction of sp³-hybridized carbons (Fsp3) is 0.296. The van der Waals surface area contributed by atoms with Crippen LogP contribution in [0.25, 0.3) is 16.9 Å². The predicted molar refractivity (Wildman–Crippen MR) is 139 cm³/mol. The highest BCUT2D eigenvalue weighted by atomic mass is 16.7. The van der Waals surface area contributed by atoms with Crippen LogP contribution in [0.3, 0.4) is 0 Å². The van der Waals surface area contributed by atoms with Gasteiger partial charge in [0.2, 0.25) is 0 Å². The summed E-state index contributed by atoms with van der Waals surface area (Å²) >= 11 is 0. The second-order valence-corrected chi connectivity index (χ2v) is 9.36. The van der Waals surface area contributed by atoms with Crippen LogP contribution in [0.1, 0.15) is 53.8 Å². The Balaban J connectivity index is 1.12. The monoisotopic (exact) mass is 529 g/mol. The molecule has 200 valence electrons. The molecule has 0 aliphatic carbocycles. The van der Waals surface area contributed by atoms with Gasteiger partial charge in [-0.15, -0.1) is 10.2 Å². The maximum absolute atomic E-state index is 12.9. The topological polar surface area (TPSA) is 141 Å². The Morgan fingerprint density at radius 3 is 2.51 bits per heavy atom. The second-order valence-electron chi connectivity index (χ2n) is 9.36. The Hall–Kier alpha value is -4.87. The molecule has 1 saturated heterocycles. The van der Waals surface area contributed by atoms with E-state index in [1.54, 1.807) is 29.1 Å². The van der Waals surface area contributed by atoms with Crippen molar-refractivity contribution in [2.75, 3.05) is 5.32 Å². The highest BCUT2D eigenvalue weighted by molar-refractivity contribution is 6.08. The average molecular weight is 530 g/mol. The van der Waals surface area contributed by atoms with Gasteiger partial charge in [0.15, 0.2) is 0 Å². The fourth-order valence-corrected chi connectivity index (χ4v) is 4.38. The molecule has 1 aliphatic heterocycles. The van der Waals surface area contributed by atoms with E-state index in [2.05, 4.69) is 20.6 Å². The first-order chi connectivity index (χ1) is 18.8. The number of hydrogen-bond acceptors (Lipinski definition) is 8. The maximum Gasteiger partial charge on any atom is 0.333 e. The number of fused-ring (bicyclic) bond motifs is 1. The summed E-state index contributed by atoms with van der Waals surface area (Å²) in [4.78, 5) is 57.2. The quantitative estimate of drug-likeness (QED) is 0.257. The molecule has 12 heteroatoms. The van der Waals surface area contributed by atoms with Crippen molar-refractivity contribution in [1.82, 2.24) is 29.4 Å². The molecule has 4 heterocycles. The van der Waals surface area contributed by atoms with Crippen molar-refractivity contribution in [2.24, 2.45) is 0 Å². The number of carbonyl (C=O) groups is 4. The number of anilines is 1. The van der Waals surface area contributed by atoms with Gasteiger partial charge in [-0.3, -0.25) is 19.1 Å². The zero-order valence-electron chi connectivity index (χ0n) is 21.6. The average Bonchev–Trinajstić information content (AvgIpc) is 3.63. The number of nitrogens with zero attached hydrogens (tertiary/aromatic N) is 6. The number of amides is 3. The van der Waals surface area contributed by atoms with Crippen molar-refractivity contribution in [3.63, 3.8) is 0 Å². The number of benzene rings is 1.